The SMILES string of the molecule is Cc1nnc(SC2CCCC2O)n1CCN. The molecular formula is C10H18N4OS. The molecule has 0 saturated heterocycles. The summed E-state index contributed by atoms with van der Waals surface area (Å²) in [6.07, 6.45) is 2.86. The molecule has 5 nitrogen and oxygen atoms in total. The summed E-state index contributed by atoms with van der Waals surface area (Å²) >= 11 is 1.63. The van der Waals surface area contributed by atoms with Gasteiger partial charge in [0.05, 0.1) is 6.10 Å². The molecule has 6 heteroatoms. The fourth-order valence-corrected chi connectivity index (χ4v) is 3.30. The summed E-state index contributed by atoms with van der Waals surface area (Å²) in [6.45, 7) is 3.25. The number of thioether (sulfide) groups is 1. The van der Waals surface area contributed by atoms with Gasteiger partial charge >= 0.3 is 0 Å². The molecule has 90 valence electrons. The van der Waals surface area contributed by atoms with Crippen molar-refractivity contribution in [3.8, 4) is 0 Å². The summed E-state index contributed by atoms with van der Waals surface area (Å²) in [5.74, 6) is 0.889. The molecule has 0 spiro atoms. The van der Waals surface area contributed by atoms with Gasteiger partial charge in [0.25, 0.3) is 0 Å². The Morgan fingerprint density at radius 1 is 1.50 bits per heavy atom. The molecule has 1 saturated carbocycles. The van der Waals surface area contributed by atoms with Crippen LogP contribution in [0.5, 0.6) is 0 Å². The zero-order valence-electron chi connectivity index (χ0n) is 9.46. The number of aliphatic hydroxyl groups excluding tert-OH is 1. The van der Waals surface area contributed by atoms with Crippen molar-refractivity contribution in [2.75, 3.05) is 6.54 Å². The molecule has 1 aliphatic rings. The number of nitrogens with two attached hydrogens (primary N) is 1. The zero-order valence-corrected chi connectivity index (χ0v) is 10.3. The van der Waals surface area contributed by atoms with E-state index < -0.39 is 0 Å². The maximum atomic E-state index is 9.77. The summed E-state index contributed by atoms with van der Waals surface area (Å²) < 4.78 is 2.02. The van der Waals surface area contributed by atoms with Crippen LogP contribution >= 0.6 is 11.8 Å². The summed E-state index contributed by atoms with van der Waals surface area (Å²) in [6, 6.07) is 0. The first kappa shape index (κ1) is 11.9. The molecule has 0 aliphatic heterocycles. The second-order valence-corrected chi connectivity index (χ2v) is 5.33. The molecule has 3 N–H and O–H groups in total. The summed E-state index contributed by atoms with van der Waals surface area (Å²) in [5, 5.41) is 19.1. The van der Waals surface area contributed by atoms with Gasteiger partial charge in [-0.05, 0) is 26.2 Å². The van der Waals surface area contributed by atoms with E-state index in [2.05, 4.69) is 10.2 Å². The standard InChI is InChI=1S/C10H18N4OS/c1-7-12-13-10(14(7)6-5-11)16-9-4-2-3-8(9)15/h8-9,15H,2-6,11H2,1H3. The molecular weight excluding hydrogens is 224 g/mol. The third-order valence-corrected chi connectivity index (χ3v) is 4.29. The maximum Gasteiger partial charge on any atom is 0.191 e. The first-order valence-corrected chi connectivity index (χ1v) is 6.55. The van der Waals surface area contributed by atoms with Crippen LogP contribution in [0.2, 0.25) is 0 Å². The van der Waals surface area contributed by atoms with Crippen molar-refractivity contribution in [3.63, 3.8) is 0 Å². The van der Waals surface area contributed by atoms with Crippen LogP contribution in [0.25, 0.3) is 0 Å². The van der Waals surface area contributed by atoms with E-state index in [0.717, 1.165) is 36.8 Å². The van der Waals surface area contributed by atoms with Gasteiger partial charge in [0.1, 0.15) is 5.82 Å². The quantitative estimate of drug-likeness (QED) is 0.806. The highest BCUT2D eigenvalue weighted by Gasteiger charge is 2.28. The van der Waals surface area contributed by atoms with Gasteiger partial charge in [-0.15, -0.1) is 10.2 Å². The van der Waals surface area contributed by atoms with Gasteiger partial charge in [-0.1, -0.05) is 11.8 Å². The number of aromatic nitrogens is 3. The number of hydrogen-bond donors (Lipinski definition) is 2. The third kappa shape index (κ3) is 2.39. The number of rotatable bonds is 4. The van der Waals surface area contributed by atoms with Crippen molar-refractivity contribution in [3.05, 3.63) is 5.82 Å². The number of aryl methyl sites for hydroxylation is 1. The summed E-state index contributed by atoms with van der Waals surface area (Å²) in [5.41, 5.74) is 5.56. The average Bonchev–Trinajstić information content (AvgIpc) is 2.80. The molecule has 1 aliphatic carbocycles. The highest BCUT2D eigenvalue weighted by atomic mass is 32.2. The third-order valence-electron chi connectivity index (χ3n) is 2.93. The lowest BCUT2D eigenvalue weighted by Gasteiger charge is -2.14. The monoisotopic (exact) mass is 242 g/mol. The minimum absolute atomic E-state index is 0.201. The van der Waals surface area contributed by atoms with Gasteiger partial charge in [0.15, 0.2) is 5.16 Å². The Kier molecular flexibility index (Phi) is 3.83. The van der Waals surface area contributed by atoms with Gasteiger partial charge < -0.3 is 15.4 Å². The largest absolute Gasteiger partial charge is 0.392 e. The molecule has 1 heterocycles. The van der Waals surface area contributed by atoms with Crippen LogP contribution in [-0.4, -0.2) is 37.8 Å². The Hall–Kier alpha value is -0.590. The van der Waals surface area contributed by atoms with E-state index in [1.54, 1.807) is 11.8 Å². The first-order valence-electron chi connectivity index (χ1n) is 5.67. The van der Waals surface area contributed by atoms with Crippen LogP contribution in [0.1, 0.15) is 25.1 Å². The van der Waals surface area contributed by atoms with E-state index in [1.807, 2.05) is 11.5 Å². The van der Waals surface area contributed by atoms with Crippen LogP contribution < -0.4 is 5.73 Å². The Bertz CT molecular complexity index is 355. The van der Waals surface area contributed by atoms with Gasteiger partial charge in [0, 0.05) is 18.3 Å². The van der Waals surface area contributed by atoms with Crippen molar-refractivity contribution in [1.82, 2.24) is 14.8 Å². The predicted molar refractivity (Wildman–Crippen MR) is 63.3 cm³/mol. The molecule has 0 aromatic carbocycles. The fraction of sp³-hybridized carbons (Fsp3) is 0.800. The van der Waals surface area contributed by atoms with Crippen LogP contribution in [0.15, 0.2) is 5.16 Å². The van der Waals surface area contributed by atoms with Crippen LogP contribution in [-0.2, 0) is 6.54 Å². The van der Waals surface area contributed by atoms with Gasteiger partial charge in [-0.25, -0.2) is 0 Å². The molecule has 1 aromatic rings. The number of nitrogens with zero attached hydrogens (tertiary/aromatic N) is 3. The van der Waals surface area contributed by atoms with Gasteiger partial charge in [-0.2, -0.15) is 0 Å². The zero-order chi connectivity index (χ0) is 11.5. The lowest BCUT2D eigenvalue weighted by Crippen LogP contribution is -2.17. The van der Waals surface area contributed by atoms with E-state index in [4.69, 9.17) is 5.73 Å². The van der Waals surface area contributed by atoms with E-state index in [1.165, 1.54) is 0 Å². The molecule has 0 radical (unpaired) electrons. The highest BCUT2D eigenvalue weighted by Crippen LogP contribution is 2.34. The first-order chi connectivity index (χ1) is 7.72. The fourth-order valence-electron chi connectivity index (χ4n) is 2.01. The summed E-state index contributed by atoms with van der Waals surface area (Å²) in [4.78, 5) is 0. The topological polar surface area (TPSA) is 77.0 Å². The number of hydrogen-bond acceptors (Lipinski definition) is 5. The van der Waals surface area contributed by atoms with Crippen LogP contribution in [0.4, 0.5) is 0 Å². The van der Waals surface area contributed by atoms with E-state index >= 15 is 0 Å². The van der Waals surface area contributed by atoms with E-state index in [0.29, 0.717) is 6.54 Å². The molecule has 2 rings (SSSR count). The second-order valence-electron chi connectivity index (χ2n) is 4.12. The minimum Gasteiger partial charge on any atom is -0.392 e. The molecule has 1 fully saturated rings. The van der Waals surface area contributed by atoms with Crippen molar-refractivity contribution in [2.45, 2.75) is 49.2 Å². The van der Waals surface area contributed by atoms with Gasteiger partial charge in [-0.3, -0.25) is 0 Å². The van der Waals surface area contributed by atoms with Crippen molar-refractivity contribution < 1.29 is 5.11 Å². The maximum absolute atomic E-state index is 9.77. The average molecular weight is 242 g/mol. The number of aliphatic hydroxyl groups is 1. The van der Waals surface area contributed by atoms with Crippen molar-refractivity contribution in [1.29, 1.82) is 0 Å². The summed E-state index contributed by atoms with van der Waals surface area (Å²) in [7, 11) is 0. The molecule has 1 aromatic heterocycles. The van der Waals surface area contributed by atoms with Crippen LogP contribution in [0.3, 0.4) is 0 Å². The van der Waals surface area contributed by atoms with Crippen molar-refractivity contribution >= 4 is 11.8 Å². The lowest BCUT2D eigenvalue weighted by molar-refractivity contribution is 0.188. The molecule has 2 atom stereocenters. The Morgan fingerprint density at radius 2 is 2.31 bits per heavy atom. The molecule has 0 bridgehead atoms. The lowest BCUT2D eigenvalue weighted by atomic mass is 10.3. The van der Waals surface area contributed by atoms with E-state index in [-0.39, 0.29) is 11.4 Å². The Morgan fingerprint density at radius 3 is 2.94 bits per heavy atom. The second kappa shape index (κ2) is 5.16. The highest BCUT2D eigenvalue weighted by molar-refractivity contribution is 7.99. The molecule has 16 heavy (non-hydrogen) atoms. The van der Waals surface area contributed by atoms with E-state index in [9.17, 15) is 5.11 Å². The smallest absolute Gasteiger partial charge is 0.191 e. The normalized spacial score (nSPS) is 25.2. The van der Waals surface area contributed by atoms with Crippen LogP contribution in [0, 0.1) is 6.92 Å². The predicted octanol–water partition coefficient (Wildman–Crippen LogP) is 0.551. The molecule has 0 amide bonds. The Balaban J connectivity index is 2.08. The van der Waals surface area contributed by atoms with Gasteiger partial charge in [0.2, 0.25) is 0 Å². The Labute approximate surface area is 99.4 Å². The minimum atomic E-state index is -0.201. The molecule has 2 unspecified atom stereocenters. The van der Waals surface area contributed by atoms with Crippen molar-refractivity contribution in [2.24, 2.45) is 5.73 Å².